The van der Waals surface area contributed by atoms with Gasteiger partial charge in [-0.15, -0.1) is 5.10 Å². The second kappa shape index (κ2) is 8.06. The third-order valence-corrected chi connectivity index (χ3v) is 3.85. The number of hydrogen-bond donors (Lipinski definition) is 1. The maximum Gasteiger partial charge on any atom is 0.416 e. The predicted molar refractivity (Wildman–Crippen MR) is 99.9 cm³/mol. The smallest absolute Gasteiger partial charge is 0.416 e. The molecule has 0 aliphatic heterocycles. The average Bonchev–Trinajstić information content (AvgIpc) is 3.09. The van der Waals surface area contributed by atoms with Crippen molar-refractivity contribution < 1.29 is 22.3 Å². The molecule has 0 aliphatic carbocycles. The molecule has 0 atom stereocenters. The number of ether oxygens (including phenoxy) is 1. The molecule has 0 spiro atoms. The predicted octanol–water partition coefficient (Wildman–Crippen LogP) is 5.20. The summed E-state index contributed by atoms with van der Waals surface area (Å²) in [6.07, 6.45) is -1.77. The molecule has 3 aromatic heterocycles. The molecule has 0 saturated heterocycles. The molecule has 0 saturated carbocycles. The van der Waals surface area contributed by atoms with Crippen molar-refractivity contribution in [1.29, 1.82) is 0 Å². The Morgan fingerprint density at radius 2 is 1.79 bits per heavy atom. The third kappa shape index (κ3) is 5.01. The largest absolute Gasteiger partial charge is 0.489 e. The first kappa shape index (κ1) is 20.6. The minimum absolute atomic E-state index is 0.0121. The Hall–Kier alpha value is -3.17. The molecule has 0 aliphatic rings. The number of alkyl halides is 3. The van der Waals surface area contributed by atoms with E-state index in [1.807, 2.05) is 13.8 Å². The van der Waals surface area contributed by atoms with Gasteiger partial charge >= 0.3 is 12.2 Å². The lowest BCUT2D eigenvalue weighted by atomic mass is 9.99. The van der Waals surface area contributed by atoms with Crippen molar-refractivity contribution in [2.75, 3.05) is 5.32 Å². The lowest BCUT2D eigenvalue weighted by Gasteiger charge is -2.16. The van der Waals surface area contributed by atoms with E-state index in [9.17, 15) is 13.2 Å². The molecule has 1 N–H and O–H groups in total. The van der Waals surface area contributed by atoms with Gasteiger partial charge in [0, 0.05) is 6.20 Å². The average molecular weight is 407 g/mol. The fourth-order valence-corrected chi connectivity index (χ4v) is 2.58. The van der Waals surface area contributed by atoms with E-state index < -0.39 is 11.7 Å². The van der Waals surface area contributed by atoms with Gasteiger partial charge in [0.1, 0.15) is 17.3 Å². The summed E-state index contributed by atoms with van der Waals surface area (Å²) in [7, 11) is 0. The highest BCUT2D eigenvalue weighted by atomic mass is 19.4. The van der Waals surface area contributed by atoms with Gasteiger partial charge in [-0.25, -0.2) is 9.97 Å². The van der Waals surface area contributed by atoms with Crippen LogP contribution in [-0.4, -0.2) is 26.3 Å². The normalized spacial score (nSPS) is 11.9. The van der Waals surface area contributed by atoms with Crippen molar-refractivity contribution in [2.45, 2.75) is 45.9 Å². The molecule has 3 heterocycles. The van der Waals surface area contributed by atoms with Gasteiger partial charge in [-0.1, -0.05) is 18.9 Å². The Morgan fingerprint density at radius 3 is 2.38 bits per heavy atom. The van der Waals surface area contributed by atoms with Crippen LogP contribution in [0.5, 0.6) is 5.75 Å². The molecular weight excluding hydrogens is 387 g/mol. The monoisotopic (exact) mass is 407 g/mol. The summed E-state index contributed by atoms with van der Waals surface area (Å²) in [6.45, 7) is 7.15. The Bertz CT molecular complexity index is 969. The number of hydrogen-bond acceptors (Lipinski definition) is 7. The zero-order valence-electron chi connectivity index (χ0n) is 16.3. The third-order valence-electron chi connectivity index (χ3n) is 3.85. The highest BCUT2D eigenvalue weighted by Gasteiger charge is 2.34. The van der Waals surface area contributed by atoms with E-state index in [1.165, 1.54) is 12.4 Å². The summed E-state index contributed by atoms with van der Waals surface area (Å²) in [5.74, 6) is 0.330. The van der Waals surface area contributed by atoms with Gasteiger partial charge in [-0.3, -0.25) is 5.32 Å². The van der Waals surface area contributed by atoms with E-state index in [1.54, 1.807) is 26.0 Å². The number of anilines is 2. The van der Waals surface area contributed by atoms with Gasteiger partial charge in [-0.05, 0) is 43.5 Å². The number of pyridine rings is 2. The second-order valence-corrected chi connectivity index (χ2v) is 6.89. The summed E-state index contributed by atoms with van der Waals surface area (Å²) in [5, 5.41) is 10.3. The number of halogens is 3. The van der Waals surface area contributed by atoms with Crippen LogP contribution in [0.4, 0.5) is 25.0 Å². The van der Waals surface area contributed by atoms with Crippen LogP contribution in [0.2, 0.25) is 0 Å². The van der Waals surface area contributed by atoms with Crippen LogP contribution < -0.4 is 10.1 Å². The van der Waals surface area contributed by atoms with E-state index in [0.29, 0.717) is 11.4 Å². The van der Waals surface area contributed by atoms with Crippen LogP contribution in [-0.2, 0) is 6.18 Å². The minimum Gasteiger partial charge on any atom is -0.489 e. The van der Waals surface area contributed by atoms with Crippen LogP contribution in [0.25, 0.3) is 11.6 Å². The van der Waals surface area contributed by atoms with Crippen molar-refractivity contribution in [3.8, 4) is 17.3 Å². The molecule has 7 nitrogen and oxygen atoms in total. The van der Waals surface area contributed by atoms with Crippen molar-refractivity contribution in [3.63, 3.8) is 0 Å². The van der Waals surface area contributed by atoms with E-state index in [-0.39, 0.29) is 35.3 Å². The Labute approximate surface area is 165 Å². The Kier molecular flexibility index (Phi) is 5.71. The molecule has 3 rings (SSSR count). The van der Waals surface area contributed by atoms with Crippen molar-refractivity contribution in [1.82, 2.24) is 20.2 Å². The summed E-state index contributed by atoms with van der Waals surface area (Å²) < 4.78 is 51.0. The van der Waals surface area contributed by atoms with Crippen LogP contribution in [0.3, 0.4) is 0 Å². The standard InChI is InChI=1S/C19H20F3N5O2/c1-10(2)13-9-24-16(7-14(13)19(20,21)22)25-18-27-26-17(29-18)15-6-5-12(8-23-15)28-11(3)4/h5-11H,1-4H3,(H,24,25,27). The first-order valence-electron chi connectivity index (χ1n) is 8.94. The number of aromatic nitrogens is 4. The molecule has 154 valence electrons. The Morgan fingerprint density at radius 1 is 1.03 bits per heavy atom. The van der Waals surface area contributed by atoms with E-state index >= 15 is 0 Å². The maximum absolute atomic E-state index is 13.3. The molecule has 0 radical (unpaired) electrons. The van der Waals surface area contributed by atoms with Crippen LogP contribution in [0.1, 0.15) is 44.7 Å². The molecule has 0 aromatic carbocycles. The topological polar surface area (TPSA) is 86.0 Å². The fraction of sp³-hybridized carbons (Fsp3) is 0.368. The quantitative estimate of drug-likeness (QED) is 0.601. The second-order valence-electron chi connectivity index (χ2n) is 6.89. The van der Waals surface area contributed by atoms with Crippen LogP contribution in [0.15, 0.2) is 35.0 Å². The number of nitrogens with one attached hydrogen (secondary N) is 1. The van der Waals surface area contributed by atoms with Crippen LogP contribution in [0, 0.1) is 0 Å². The summed E-state index contributed by atoms with van der Waals surface area (Å²) in [4.78, 5) is 8.21. The zero-order chi connectivity index (χ0) is 21.2. The highest BCUT2D eigenvalue weighted by Crippen LogP contribution is 2.36. The number of nitrogens with zero attached hydrogens (tertiary/aromatic N) is 4. The van der Waals surface area contributed by atoms with E-state index in [0.717, 1.165) is 6.07 Å². The molecule has 0 bridgehead atoms. The lowest BCUT2D eigenvalue weighted by molar-refractivity contribution is -0.138. The van der Waals surface area contributed by atoms with Gasteiger partial charge in [0.2, 0.25) is 0 Å². The van der Waals surface area contributed by atoms with Crippen LogP contribution >= 0.6 is 0 Å². The minimum atomic E-state index is -4.50. The molecule has 0 unspecified atom stereocenters. The molecule has 0 amide bonds. The Balaban J connectivity index is 1.80. The van der Waals surface area contributed by atoms with Gasteiger partial charge < -0.3 is 9.15 Å². The van der Waals surface area contributed by atoms with Gasteiger partial charge in [-0.2, -0.15) is 13.2 Å². The van der Waals surface area contributed by atoms with Gasteiger partial charge in [0.25, 0.3) is 5.89 Å². The van der Waals surface area contributed by atoms with E-state index in [2.05, 4.69) is 25.5 Å². The summed E-state index contributed by atoms with van der Waals surface area (Å²) in [5.41, 5.74) is -0.241. The molecule has 3 aromatic rings. The van der Waals surface area contributed by atoms with Crippen molar-refractivity contribution in [2.24, 2.45) is 0 Å². The first-order valence-corrected chi connectivity index (χ1v) is 8.94. The molecular formula is C19H20F3N5O2. The lowest BCUT2D eigenvalue weighted by Crippen LogP contribution is -2.12. The summed E-state index contributed by atoms with van der Waals surface area (Å²) >= 11 is 0. The molecule has 29 heavy (non-hydrogen) atoms. The molecule has 10 heteroatoms. The van der Waals surface area contributed by atoms with E-state index in [4.69, 9.17) is 9.15 Å². The maximum atomic E-state index is 13.3. The van der Waals surface area contributed by atoms with Gasteiger partial charge in [0.05, 0.1) is 17.9 Å². The zero-order valence-corrected chi connectivity index (χ0v) is 16.3. The first-order chi connectivity index (χ1) is 13.6. The summed E-state index contributed by atoms with van der Waals surface area (Å²) in [6, 6.07) is 4.19. The van der Waals surface area contributed by atoms with Crippen molar-refractivity contribution in [3.05, 3.63) is 41.7 Å². The number of rotatable bonds is 6. The fourth-order valence-electron chi connectivity index (χ4n) is 2.58. The van der Waals surface area contributed by atoms with Gasteiger partial charge in [0.15, 0.2) is 0 Å². The highest BCUT2D eigenvalue weighted by molar-refractivity contribution is 5.53. The SMILES string of the molecule is CC(C)Oc1ccc(-c2nnc(Nc3cc(C(F)(F)F)c(C(C)C)cn3)o2)nc1. The molecule has 0 fully saturated rings. The van der Waals surface area contributed by atoms with Crippen molar-refractivity contribution >= 4 is 11.8 Å².